The fourth-order valence-electron chi connectivity index (χ4n) is 3.42. The Bertz CT molecular complexity index is 1080. The smallest absolute Gasteiger partial charge is 0.253 e. The fourth-order valence-corrected chi connectivity index (χ4v) is 3.42. The third-order valence-corrected chi connectivity index (χ3v) is 4.84. The first-order valence-corrected chi connectivity index (χ1v) is 9.05. The standard InChI is InChI=1S/C20H25N5O2/c1-11-8-12(2)22-20(27)17(11)10-21-19(26)7-6-16-14(4)23-18-9-13(3)24-25(18)15(16)5/h8-9H,6-7,10H2,1-5H3,(H,21,26)(H,22,27). The van der Waals surface area contributed by atoms with Gasteiger partial charge < -0.3 is 10.3 Å². The van der Waals surface area contributed by atoms with Gasteiger partial charge in [0.05, 0.1) is 5.69 Å². The second-order valence-corrected chi connectivity index (χ2v) is 7.04. The molecule has 0 spiro atoms. The molecule has 0 saturated carbocycles. The average Bonchev–Trinajstić information content (AvgIpc) is 2.94. The number of carbonyl (C=O) groups excluding carboxylic acids is 1. The molecule has 7 nitrogen and oxygen atoms in total. The van der Waals surface area contributed by atoms with Gasteiger partial charge in [-0.3, -0.25) is 9.59 Å². The molecule has 0 bridgehead atoms. The highest BCUT2D eigenvalue weighted by Gasteiger charge is 2.13. The lowest BCUT2D eigenvalue weighted by Crippen LogP contribution is -2.28. The monoisotopic (exact) mass is 367 g/mol. The van der Waals surface area contributed by atoms with Crippen LogP contribution in [0.4, 0.5) is 0 Å². The number of H-pyrrole nitrogens is 1. The summed E-state index contributed by atoms with van der Waals surface area (Å²) in [7, 11) is 0. The van der Waals surface area contributed by atoms with E-state index in [1.165, 1.54) is 0 Å². The maximum absolute atomic E-state index is 12.3. The molecule has 7 heteroatoms. The number of hydrogen-bond acceptors (Lipinski definition) is 4. The Morgan fingerprint density at radius 1 is 1.15 bits per heavy atom. The van der Waals surface area contributed by atoms with E-state index in [0.717, 1.165) is 39.5 Å². The molecule has 0 aromatic carbocycles. The summed E-state index contributed by atoms with van der Waals surface area (Å²) in [6, 6.07) is 3.85. The van der Waals surface area contributed by atoms with Crippen LogP contribution in [0.25, 0.3) is 5.65 Å². The molecule has 0 radical (unpaired) electrons. The van der Waals surface area contributed by atoms with Gasteiger partial charge in [0.25, 0.3) is 5.56 Å². The Kier molecular flexibility index (Phi) is 5.12. The van der Waals surface area contributed by atoms with Crippen LogP contribution in [-0.2, 0) is 17.8 Å². The Morgan fingerprint density at radius 3 is 2.59 bits per heavy atom. The molecule has 0 saturated heterocycles. The van der Waals surface area contributed by atoms with E-state index in [1.807, 2.05) is 51.3 Å². The molecule has 2 N–H and O–H groups in total. The fraction of sp³-hybridized carbons (Fsp3) is 0.400. The van der Waals surface area contributed by atoms with Crippen LogP contribution < -0.4 is 10.9 Å². The van der Waals surface area contributed by atoms with Crippen LogP contribution in [0.5, 0.6) is 0 Å². The average molecular weight is 367 g/mol. The summed E-state index contributed by atoms with van der Waals surface area (Å²) in [5, 5.41) is 7.31. The zero-order chi connectivity index (χ0) is 19.7. The van der Waals surface area contributed by atoms with Crippen molar-refractivity contribution < 1.29 is 4.79 Å². The molecule has 3 rings (SSSR count). The SMILES string of the molecule is Cc1cc2nc(C)c(CCC(=O)NCc3c(C)cc(C)[nH]c3=O)c(C)n2n1. The summed E-state index contributed by atoms with van der Waals surface area (Å²) in [5.74, 6) is -0.0927. The van der Waals surface area contributed by atoms with Crippen LogP contribution in [0, 0.1) is 34.6 Å². The molecule has 3 aromatic rings. The van der Waals surface area contributed by atoms with Gasteiger partial charge in [0, 0.05) is 41.7 Å². The summed E-state index contributed by atoms with van der Waals surface area (Å²) < 4.78 is 1.82. The predicted molar refractivity (Wildman–Crippen MR) is 104 cm³/mol. The summed E-state index contributed by atoms with van der Waals surface area (Å²) in [6.07, 6.45) is 0.909. The van der Waals surface area contributed by atoms with Crippen molar-refractivity contribution in [3.05, 3.63) is 62.0 Å². The van der Waals surface area contributed by atoms with Crippen molar-refractivity contribution >= 4 is 11.6 Å². The Hall–Kier alpha value is -2.96. The number of pyridine rings is 1. The number of aromatic nitrogens is 4. The zero-order valence-corrected chi connectivity index (χ0v) is 16.4. The number of hydrogen-bond donors (Lipinski definition) is 2. The summed E-state index contributed by atoms with van der Waals surface area (Å²) in [6.45, 7) is 9.84. The first-order valence-electron chi connectivity index (χ1n) is 9.05. The molecule has 0 unspecified atom stereocenters. The second kappa shape index (κ2) is 7.34. The molecule has 27 heavy (non-hydrogen) atoms. The van der Waals surface area contributed by atoms with Crippen molar-refractivity contribution in [3.63, 3.8) is 0 Å². The van der Waals surface area contributed by atoms with Crippen LogP contribution >= 0.6 is 0 Å². The normalized spacial score (nSPS) is 11.1. The van der Waals surface area contributed by atoms with Crippen LogP contribution in [0.15, 0.2) is 16.9 Å². The van der Waals surface area contributed by atoms with Crippen molar-refractivity contribution in [2.24, 2.45) is 0 Å². The van der Waals surface area contributed by atoms with Gasteiger partial charge in [0.1, 0.15) is 0 Å². The molecule has 0 aliphatic heterocycles. The van der Waals surface area contributed by atoms with E-state index in [2.05, 4.69) is 20.4 Å². The van der Waals surface area contributed by atoms with E-state index in [1.54, 1.807) is 0 Å². The van der Waals surface area contributed by atoms with Gasteiger partial charge in [-0.1, -0.05) is 0 Å². The quantitative estimate of drug-likeness (QED) is 0.723. The van der Waals surface area contributed by atoms with Crippen LogP contribution in [0.1, 0.15) is 45.9 Å². The largest absolute Gasteiger partial charge is 0.352 e. The van der Waals surface area contributed by atoms with Gasteiger partial charge in [-0.25, -0.2) is 9.50 Å². The maximum atomic E-state index is 12.3. The van der Waals surface area contributed by atoms with Gasteiger partial charge in [-0.15, -0.1) is 0 Å². The van der Waals surface area contributed by atoms with Crippen LogP contribution in [-0.4, -0.2) is 25.5 Å². The third kappa shape index (κ3) is 3.92. The lowest BCUT2D eigenvalue weighted by Gasteiger charge is -2.11. The number of rotatable bonds is 5. The molecular weight excluding hydrogens is 342 g/mol. The molecule has 0 fully saturated rings. The van der Waals surface area contributed by atoms with Crippen molar-refractivity contribution in [3.8, 4) is 0 Å². The van der Waals surface area contributed by atoms with E-state index in [9.17, 15) is 9.59 Å². The van der Waals surface area contributed by atoms with Gasteiger partial charge in [-0.05, 0) is 58.2 Å². The molecule has 0 aliphatic rings. The number of carbonyl (C=O) groups is 1. The summed E-state index contributed by atoms with van der Waals surface area (Å²) in [4.78, 5) is 31.7. The first-order chi connectivity index (χ1) is 12.8. The molecular formula is C20H25N5O2. The lowest BCUT2D eigenvalue weighted by molar-refractivity contribution is -0.121. The summed E-state index contributed by atoms with van der Waals surface area (Å²) in [5.41, 5.74) is 6.83. The minimum absolute atomic E-state index is 0.0927. The number of aryl methyl sites for hydroxylation is 5. The Morgan fingerprint density at radius 2 is 1.89 bits per heavy atom. The van der Waals surface area contributed by atoms with E-state index >= 15 is 0 Å². The van der Waals surface area contributed by atoms with Gasteiger partial charge in [0.15, 0.2) is 5.65 Å². The number of amides is 1. The van der Waals surface area contributed by atoms with Gasteiger partial charge >= 0.3 is 0 Å². The van der Waals surface area contributed by atoms with E-state index in [0.29, 0.717) is 18.4 Å². The topological polar surface area (TPSA) is 92.1 Å². The molecule has 3 heterocycles. The lowest BCUT2D eigenvalue weighted by atomic mass is 10.1. The maximum Gasteiger partial charge on any atom is 0.253 e. The van der Waals surface area contributed by atoms with E-state index in [-0.39, 0.29) is 18.0 Å². The minimum Gasteiger partial charge on any atom is -0.352 e. The van der Waals surface area contributed by atoms with Crippen molar-refractivity contribution in [1.29, 1.82) is 0 Å². The molecule has 1 amide bonds. The second-order valence-electron chi connectivity index (χ2n) is 7.04. The molecule has 142 valence electrons. The van der Waals surface area contributed by atoms with E-state index in [4.69, 9.17) is 0 Å². The minimum atomic E-state index is -0.150. The predicted octanol–water partition coefficient (Wildman–Crippen LogP) is 2.21. The Balaban J connectivity index is 1.68. The first kappa shape index (κ1) is 18.8. The van der Waals surface area contributed by atoms with Crippen molar-refractivity contribution in [2.45, 2.75) is 54.0 Å². The highest BCUT2D eigenvalue weighted by Crippen LogP contribution is 2.17. The molecule has 0 aliphatic carbocycles. The highest BCUT2D eigenvalue weighted by atomic mass is 16.1. The summed E-state index contributed by atoms with van der Waals surface area (Å²) >= 11 is 0. The Labute approximate surface area is 157 Å². The number of fused-ring (bicyclic) bond motifs is 1. The highest BCUT2D eigenvalue weighted by molar-refractivity contribution is 5.76. The van der Waals surface area contributed by atoms with Crippen LogP contribution in [0.2, 0.25) is 0 Å². The number of nitrogens with one attached hydrogen (secondary N) is 2. The third-order valence-electron chi connectivity index (χ3n) is 4.84. The van der Waals surface area contributed by atoms with Gasteiger partial charge in [-0.2, -0.15) is 5.10 Å². The molecule has 3 aromatic heterocycles. The van der Waals surface area contributed by atoms with Crippen molar-refractivity contribution in [1.82, 2.24) is 24.9 Å². The van der Waals surface area contributed by atoms with Crippen LogP contribution in [0.3, 0.4) is 0 Å². The zero-order valence-electron chi connectivity index (χ0n) is 16.4. The number of aromatic amines is 1. The molecule has 0 atom stereocenters. The number of nitrogens with zero attached hydrogens (tertiary/aromatic N) is 3. The van der Waals surface area contributed by atoms with Crippen molar-refractivity contribution in [2.75, 3.05) is 0 Å². The van der Waals surface area contributed by atoms with E-state index < -0.39 is 0 Å². The van der Waals surface area contributed by atoms with Gasteiger partial charge in [0.2, 0.25) is 5.91 Å².